The molecular weight excluding hydrogens is 380 g/mol. The lowest BCUT2D eigenvalue weighted by atomic mass is 10.2. The van der Waals surface area contributed by atoms with Crippen LogP contribution in [-0.2, 0) is 20.3 Å². The van der Waals surface area contributed by atoms with Crippen LogP contribution < -0.4 is 10.9 Å². The molecule has 0 aromatic heterocycles. The van der Waals surface area contributed by atoms with Gasteiger partial charge >= 0.3 is 5.97 Å². The fourth-order valence-electron chi connectivity index (χ4n) is 1.93. The number of nitrogens with one attached hydrogen (secondary N) is 2. The predicted octanol–water partition coefficient (Wildman–Crippen LogP) is 1.70. The van der Waals surface area contributed by atoms with E-state index in [2.05, 4.69) is 10.9 Å². The van der Waals surface area contributed by atoms with E-state index in [1.54, 1.807) is 18.2 Å². The van der Waals surface area contributed by atoms with Crippen LogP contribution in [0.1, 0.15) is 20.7 Å². The highest BCUT2D eigenvalue weighted by Crippen LogP contribution is 2.13. The van der Waals surface area contributed by atoms with E-state index >= 15 is 0 Å². The van der Waals surface area contributed by atoms with Gasteiger partial charge in [-0.25, -0.2) is 4.79 Å². The summed E-state index contributed by atoms with van der Waals surface area (Å²) in [6, 6.07) is 12.3. The Bertz CT molecular complexity index is 854. The highest BCUT2D eigenvalue weighted by molar-refractivity contribution is 7.84. The Morgan fingerprint density at radius 1 is 1.04 bits per heavy atom. The molecule has 0 aliphatic carbocycles. The third-order valence-corrected chi connectivity index (χ3v) is 4.40. The van der Waals surface area contributed by atoms with Gasteiger partial charge in [0.25, 0.3) is 11.8 Å². The molecule has 0 fully saturated rings. The fourth-order valence-corrected chi connectivity index (χ4v) is 2.79. The Kier molecular flexibility index (Phi) is 6.88. The molecule has 136 valence electrons. The molecule has 0 radical (unpaired) electrons. The number of hydrogen-bond acceptors (Lipinski definition) is 5. The zero-order valence-electron chi connectivity index (χ0n) is 13.7. The Hall–Kier alpha value is -2.71. The molecule has 0 aliphatic rings. The number of benzene rings is 2. The number of esters is 1. The van der Waals surface area contributed by atoms with Crippen molar-refractivity contribution in [1.29, 1.82) is 0 Å². The molecule has 2 rings (SSSR count). The van der Waals surface area contributed by atoms with Gasteiger partial charge in [0.15, 0.2) is 6.61 Å². The van der Waals surface area contributed by atoms with Crippen molar-refractivity contribution in [3.8, 4) is 0 Å². The van der Waals surface area contributed by atoms with Crippen molar-refractivity contribution in [1.82, 2.24) is 10.9 Å². The molecule has 2 aromatic carbocycles. The molecule has 0 aliphatic heterocycles. The van der Waals surface area contributed by atoms with Crippen LogP contribution in [0.15, 0.2) is 53.4 Å². The summed E-state index contributed by atoms with van der Waals surface area (Å²) >= 11 is 5.73. The fraction of sp³-hybridized carbons (Fsp3) is 0.118. The largest absolute Gasteiger partial charge is 0.452 e. The van der Waals surface area contributed by atoms with Crippen molar-refractivity contribution in [2.75, 3.05) is 12.9 Å². The lowest BCUT2D eigenvalue weighted by molar-refractivity contribution is -0.125. The van der Waals surface area contributed by atoms with Crippen LogP contribution >= 0.6 is 11.6 Å². The quantitative estimate of drug-likeness (QED) is 0.593. The van der Waals surface area contributed by atoms with Gasteiger partial charge in [0.05, 0.1) is 21.3 Å². The van der Waals surface area contributed by atoms with Gasteiger partial charge in [-0.15, -0.1) is 0 Å². The number of hydrazine groups is 1. The minimum absolute atomic E-state index is 0.117. The molecule has 2 N–H and O–H groups in total. The molecule has 0 unspecified atom stereocenters. The molecule has 2 amide bonds. The van der Waals surface area contributed by atoms with Crippen LogP contribution in [0.3, 0.4) is 0 Å². The van der Waals surface area contributed by atoms with Gasteiger partial charge in [0.2, 0.25) is 0 Å². The minimum atomic E-state index is -1.38. The SMILES string of the molecule is C[S@](=O)c1ccccc1C(=O)OCC(=O)NNC(=O)c1ccc(Cl)cc1. The monoisotopic (exact) mass is 394 g/mol. The second-order valence-corrected chi connectivity index (χ2v) is 6.82. The maximum absolute atomic E-state index is 12.0. The van der Waals surface area contributed by atoms with Gasteiger partial charge in [-0.1, -0.05) is 23.7 Å². The molecule has 9 heteroatoms. The Balaban J connectivity index is 1.85. The van der Waals surface area contributed by atoms with Crippen molar-refractivity contribution >= 4 is 40.2 Å². The summed E-state index contributed by atoms with van der Waals surface area (Å²) in [6.45, 7) is -0.607. The van der Waals surface area contributed by atoms with E-state index in [1.807, 2.05) is 0 Å². The van der Waals surface area contributed by atoms with Crippen molar-refractivity contribution in [2.24, 2.45) is 0 Å². The highest BCUT2D eigenvalue weighted by atomic mass is 35.5. The number of rotatable bonds is 5. The van der Waals surface area contributed by atoms with Crippen molar-refractivity contribution in [3.63, 3.8) is 0 Å². The second kappa shape index (κ2) is 9.12. The zero-order chi connectivity index (χ0) is 19.1. The molecule has 2 aromatic rings. The first kappa shape index (κ1) is 19.6. The number of amides is 2. The minimum Gasteiger partial charge on any atom is -0.452 e. The molecule has 0 spiro atoms. The van der Waals surface area contributed by atoms with Crippen LogP contribution in [0.4, 0.5) is 0 Å². The van der Waals surface area contributed by atoms with Gasteiger partial charge in [-0.2, -0.15) is 0 Å². The van der Waals surface area contributed by atoms with Gasteiger partial charge in [-0.3, -0.25) is 24.6 Å². The predicted molar refractivity (Wildman–Crippen MR) is 96.1 cm³/mol. The normalized spacial score (nSPS) is 11.3. The Labute approximate surface area is 157 Å². The van der Waals surface area contributed by atoms with E-state index in [0.29, 0.717) is 15.5 Å². The average molecular weight is 395 g/mol. The van der Waals surface area contributed by atoms with E-state index in [4.69, 9.17) is 16.3 Å². The van der Waals surface area contributed by atoms with Crippen LogP contribution in [0.2, 0.25) is 5.02 Å². The van der Waals surface area contributed by atoms with Crippen LogP contribution in [-0.4, -0.2) is 34.9 Å². The molecule has 0 heterocycles. The first-order valence-electron chi connectivity index (χ1n) is 7.33. The first-order valence-corrected chi connectivity index (χ1v) is 9.26. The van der Waals surface area contributed by atoms with Crippen LogP contribution in [0.25, 0.3) is 0 Å². The summed E-state index contributed by atoms with van der Waals surface area (Å²) in [7, 11) is -1.38. The third-order valence-electron chi connectivity index (χ3n) is 3.17. The lowest BCUT2D eigenvalue weighted by Crippen LogP contribution is -2.43. The number of halogens is 1. The summed E-state index contributed by atoms with van der Waals surface area (Å²) in [5.41, 5.74) is 4.74. The van der Waals surface area contributed by atoms with E-state index in [1.165, 1.54) is 36.6 Å². The maximum atomic E-state index is 12.0. The van der Waals surface area contributed by atoms with Crippen molar-refractivity contribution < 1.29 is 23.3 Å². The van der Waals surface area contributed by atoms with Gasteiger partial charge in [0.1, 0.15) is 0 Å². The molecule has 0 bridgehead atoms. The highest BCUT2D eigenvalue weighted by Gasteiger charge is 2.16. The third kappa shape index (κ3) is 5.40. The number of carbonyl (C=O) groups excluding carboxylic acids is 3. The summed E-state index contributed by atoms with van der Waals surface area (Å²) in [5, 5.41) is 0.478. The lowest BCUT2D eigenvalue weighted by Gasteiger charge is -2.09. The number of carbonyl (C=O) groups is 3. The standard InChI is InChI=1S/C17H15ClN2O5S/c1-26(24)14-5-3-2-4-13(14)17(23)25-10-15(21)19-20-16(22)11-6-8-12(18)9-7-11/h2-9H,10H2,1H3,(H,19,21)(H,20,22)/t26-/m0/s1. The van der Waals surface area contributed by atoms with Gasteiger partial charge in [0, 0.05) is 16.8 Å². The summed E-state index contributed by atoms with van der Waals surface area (Å²) in [4.78, 5) is 35.9. The molecule has 7 nitrogen and oxygen atoms in total. The molecule has 26 heavy (non-hydrogen) atoms. The van der Waals surface area contributed by atoms with Gasteiger partial charge in [-0.05, 0) is 36.4 Å². The summed E-state index contributed by atoms with van der Waals surface area (Å²) in [6.07, 6.45) is 1.44. The van der Waals surface area contributed by atoms with Crippen LogP contribution in [0.5, 0.6) is 0 Å². The van der Waals surface area contributed by atoms with E-state index < -0.39 is 35.2 Å². The summed E-state index contributed by atoms with van der Waals surface area (Å²) < 4.78 is 16.5. The molecule has 1 atom stereocenters. The smallest absolute Gasteiger partial charge is 0.339 e. The zero-order valence-corrected chi connectivity index (χ0v) is 15.2. The average Bonchev–Trinajstić information content (AvgIpc) is 2.64. The van der Waals surface area contributed by atoms with E-state index in [9.17, 15) is 18.6 Å². The number of hydrogen-bond donors (Lipinski definition) is 2. The Morgan fingerprint density at radius 2 is 1.69 bits per heavy atom. The molecular formula is C17H15ClN2O5S. The second-order valence-electron chi connectivity index (χ2n) is 5.04. The van der Waals surface area contributed by atoms with E-state index in [0.717, 1.165) is 0 Å². The van der Waals surface area contributed by atoms with Crippen LogP contribution in [0, 0.1) is 0 Å². The van der Waals surface area contributed by atoms with Crippen molar-refractivity contribution in [3.05, 3.63) is 64.7 Å². The molecule has 0 saturated heterocycles. The summed E-state index contributed by atoms with van der Waals surface area (Å²) in [5.74, 6) is -2.06. The molecule has 0 saturated carbocycles. The Morgan fingerprint density at radius 3 is 2.35 bits per heavy atom. The van der Waals surface area contributed by atoms with Gasteiger partial charge < -0.3 is 4.74 Å². The van der Waals surface area contributed by atoms with Crippen molar-refractivity contribution in [2.45, 2.75) is 4.90 Å². The van der Waals surface area contributed by atoms with E-state index in [-0.39, 0.29) is 5.56 Å². The number of ether oxygens (including phenoxy) is 1. The topological polar surface area (TPSA) is 102 Å². The first-order chi connectivity index (χ1) is 12.4. The maximum Gasteiger partial charge on any atom is 0.339 e.